The lowest BCUT2D eigenvalue weighted by Gasteiger charge is -2.17. The van der Waals surface area contributed by atoms with Gasteiger partial charge in [-0.3, -0.25) is 9.59 Å². The van der Waals surface area contributed by atoms with Gasteiger partial charge in [0, 0.05) is 9.89 Å². The first kappa shape index (κ1) is 15.6. The Morgan fingerprint density at radius 2 is 1.95 bits per heavy atom. The molecule has 0 aliphatic heterocycles. The van der Waals surface area contributed by atoms with Crippen LogP contribution in [0.4, 0.5) is 10.1 Å². The van der Waals surface area contributed by atoms with Crippen LogP contribution in [0.25, 0.3) is 0 Å². The van der Waals surface area contributed by atoms with Crippen molar-refractivity contribution in [2.45, 2.75) is 20.8 Å². The van der Waals surface area contributed by atoms with Crippen molar-refractivity contribution in [3.05, 3.63) is 28.5 Å². The first-order chi connectivity index (χ1) is 8.70. The van der Waals surface area contributed by atoms with Crippen molar-refractivity contribution in [3.8, 4) is 0 Å². The predicted octanol–water partition coefficient (Wildman–Crippen LogP) is 2.69. The van der Waals surface area contributed by atoms with Crippen LogP contribution in [0.5, 0.6) is 0 Å². The first-order valence-corrected chi connectivity index (χ1v) is 6.52. The molecule has 6 heteroatoms. The summed E-state index contributed by atoms with van der Waals surface area (Å²) in [5.74, 6) is -1.25. The van der Waals surface area contributed by atoms with Crippen molar-refractivity contribution in [1.29, 1.82) is 0 Å². The molecule has 0 saturated carbocycles. The summed E-state index contributed by atoms with van der Waals surface area (Å²) in [5, 5.41) is 4.89. The number of hydrogen-bond acceptors (Lipinski definition) is 2. The number of benzene rings is 1. The van der Waals surface area contributed by atoms with Crippen LogP contribution in [0.1, 0.15) is 20.8 Å². The molecule has 0 bridgehead atoms. The van der Waals surface area contributed by atoms with E-state index in [2.05, 4.69) is 26.6 Å². The van der Waals surface area contributed by atoms with Crippen molar-refractivity contribution >= 4 is 33.4 Å². The van der Waals surface area contributed by atoms with Crippen LogP contribution in [-0.4, -0.2) is 18.4 Å². The number of carbonyl (C=O) groups is 2. The summed E-state index contributed by atoms with van der Waals surface area (Å²) >= 11 is 3.12. The number of rotatable bonds is 3. The van der Waals surface area contributed by atoms with Crippen molar-refractivity contribution in [1.82, 2.24) is 5.32 Å². The molecule has 1 aromatic carbocycles. The molecule has 0 radical (unpaired) electrons. The molecule has 0 saturated heterocycles. The predicted molar refractivity (Wildman–Crippen MR) is 75.2 cm³/mol. The fourth-order valence-corrected chi connectivity index (χ4v) is 1.54. The summed E-state index contributed by atoms with van der Waals surface area (Å²) in [5.41, 5.74) is -0.485. The smallest absolute Gasteiger partial charge is 0.243 e. The highest BCUT2D eigenvalue weighted by molar-refractivity contribution is 9.10. The van der Waals surface area contributed by atoms with Crippen molar-refractivity contribution in [2.75, 3.05) is 11.9 Å². The van der Waals surface area contributed by atoms with E-state index in [4.69, 9.17) is 0 Å². The van der Waals surface area contributed by atoms with Gasteiger partial charge in [0.15, 0.2) is 0 Å². The molecule has 0 spiro atoms. The first-order valence-electron chi connectivity index (χ1n) is 5.73. The molecule has 4 nitrogen and oxygen atoms in total. The molecule has 0 atom stereocenters. The minimum Gasteiger partial charge on any atom is -0.347 e. The molecule has 0 unspecified atom stereocenters. The molecular formula is C13H16BrFN2O2. The summed E-state index contributed by atoms with van der Waals surface area (Å²) in [6.07, 6.45) is 0. The molecule has 1 rings (SSSR count). The number of carbonyl (C=O) groups excluding carboxylic acids is 2. The van der Waals surface area contributed by atoms with Gasteiger partial charge in [-0.1, -0.05) is 36.7 Å². The summed E-state index contributed by atoms with van der Waals surface area (Å²) in [6, 6.07) is 4.32. The Labute approximate surface area is 119 Å². The summed E-state index contributed by atoms with van der Waals surface area (Å²) < 4.78 is 14.1. The zero-order valence-corrected chi connectivity index (χ0v) is 12.6. The van der Waals surface area contributed by atoms with Crippen LogP contribution in [0.2, 0.25) is 0 Å². The van der Waals surface area contributed by atoms with Crippen LogP contribution in [-0.2, 0) is 9.59 Å². The average Bonchev–Trinajstić information content (AvgIpc) is 2.28. The molecule has 0 aromatic heterocycles. The number of amides is 2. The van der Waals surface area contributed by atoms with E-state index in [9.17, 15) is 14.0 Å². The standard InChI is InChI=1S/C13H16BrFN2O2/c1-13(2,3)12(19)16-7-11(18)17-10-5-4-8(14)6-9(10)15/h4-6H,7H2,1-3H3,(H,16,19)(H,17,18). The minimum absolute atomic E-state index is 0.0817. The second kappa shape index (κ2) is 6.14. The van der Waals surface area contributed by atoms with E-state index in [1.54, 1.807) is 26.8 Å². The van der Waals surface area contributed by atoms with Crippen molar-refractivity contribution in [2.24, 2.45) is 5.41 Å². The Bertz CT molecular complexity index is 498. The number of anilines is 1. The number of halogens is 2. The zero-order chi connectivity index (χ0) is 14.6. The molecular weight excluding hydrogens is 315 g/mol. The van der Waals surface area contributed by atoms with Crippen molar-refractivity contribution in [3.63, 3.8) is 0 Å². The maximum atomic E-state index is 13.5. The second-order valence-corrected chi connectivity index (χ2v) is 6.02. The van der Waals surface area contributed by atoms with Gasteiger partial charge in [0.05, 0.1) is 12.2 Å². The van der Waals surface area contributed by atoms with Gasteiger partial charge in [-0.05, 0) is 18.2 Å². The van der Waals surface area contributed by atoms with E-state index in [-0.39, 0.29) is 18.1 Å². The van der Waals surface area contributed by atoms with Gasteiger partial charge in [-0.2, -0.15) is 0 Å². The second-order valence-electron chi connectivity index (χ2n) is 5.11. The van der Waals surface area contributed by atoms with E-state index in [0.717, 1.165) is 0 Å². The minimum atomic E-state index is -0.566. The monoisotopic (exact) mass is 330 g/mol. The van der Waals surface area contributed by atoms with Gasteiger partial charge in [-0.15, -0.1) is 0 Å². The van der Waals surface area contributed by atoms with Crippen LogP contribution in [0.15, 0.2) is 22.7 Å². The lowest BCUT2D eigenvalue weighted by atomic mass is 9.96. The van der Waals surface area contributed by atoms with Gasteiger partial charge in [0.25, 0.3) is 0 Å². The molecule has 2 amide bonds. The third kappa shape index (κ3) is 4.98. The summed E-state index contributed by atoms with van der Waals surface area (Å²) in [6.45, 7) is 5.05. The van der Waals surface area contributed by atoms with E-state index in [0.29, 0.717) is 4.47 Å². The van der Waals surface area contributed by atoms with Crippen LogP contribution < -0.4 is 10.6 Å². The fraction of sp³-hybridized carbons (Fsp3) is 0.385. The lowest BCUT2D eigenvalue weighted by molar-refractivity contribution is -0.130. The lowest BCUT2D eigenvalue weighted by Crippen LogP contribution is -2.39. The number of nitrogens with one attached hydrogen (secondary N) is 2. The van der Waals surface area contributed by atoms with Crippen molar-refractivity contribution < 1.29 is 14.0 Å². The summed E-state index contributed by atoms with van der Waals surface area (Å²) in [4.78, 5) is 23.1. The fourth-order valence-electron chi connectivity index (χ4n) is 1.21. The Morgan fingerprint density at radius 1 is 1.32 bits per heavy atom. The van der Waals surface area contributed by atoms with Gasteiger partial charge in [0.2, 0.25) is 11.8 Å². The number of hydrogen-bond donors (Lipinski definition) is 2. The highest BCUT2D eigenvalue weighted by Crippen LogP contribution is 2.19. The van der Waals surface area contributed by atoms with Crippen LogP contribution in [0.3, 0.4) is 0 Å². The van der Waals surface area contributed by atoms with E-state index in [1.165, 1.54) is 12.1 Å². The SMILES string of the molecule is CC(C)(C)C(=O)NCC(=O)Nc1ccc(Br)cc1F. The molecule has 0 fully saturated rings. The average molecular weight is 331 g/mol. The van der Waals surface area contributed by atoms with Gasteiger partial charge >= 0.3 is 0 Å². The summed E-state index contributed by atoms with van der Waals surface area (Å²) in [7, 11) is 0. The molecule has 104 valence electrons. The normalized spacial score (nSPS) is 11.0. The van der Waals surface area contributed by atoms with E-state index < -0.39 is 17.1 Å². The highest BCUT2D eigenvalue weighted by atomic mass is 79.9. The molecule has 0 aliphatic carbocycles. The van der Waals surface area contributed by atoms with Gasteiger partial charge in [0.1, 0.15) is 5.82 Å². The topological polar surface area (TPSA) is 58.2 Å². The van der Waals surface area contributed by atoms with E-state index >= 15 is 0 Å². The molecule has 2 N–H and O–H groups in total. The van der Waals surface area contributed by atoms with Crippen LogP contribution in [0, 0.1) is 11.2 Å². The van der Waals surface area contributed by atoms with Gasteiger partial charge < -0.3 is 10.6 Å². The van der Waals surface area contributed by atoms with Gasteiger partial charge in [-0.25, -0.2) is 4.39 Å². The highest BCUT2D eigenvalue weighted by Gasteiger charge is 2.21. The quantitative estimate of drug-likeness (QED) is 0.895. The third-order valence-electron chi connectivity index (χ3n) is 2.30. The Kier molecular flexibility index (Phi) is 5.05. The van der Waals surface area contributed by atoms with Crippen LogP contribution >= 0.6 is 15.9 Å². The maximum absolute atomic E-state index is 13.5. The largest absolute Gasteiger partial charge is 0.347 e. The Balaban J connectivity index is 2.54. The molecule has 0 heterocycles. The van der Waals surface area contributed by atoms with E-state index in [1.807, 2.05) is 0 Å². The molecule has 0 aliphatic rings. The Morgan fingerprint density at radius 3 is 2.47 bits per heavy atom. The molecule has 19 heavy (non-hydrogen) atoms. The molecule has 1 aromatic rings. The Hall–Kier alpha value is -1.43. The third-order valence-corrected chi connectivity index (χ3v) is 2.79. The maximum Gasteiger partial charge on any atom is 0.243 e. The zero-order valence-electron chi connectivity index (χ0n) is 11.0.